The average molecular weight is 285 g/mol. The fourth-order valence-electron chi connectivity index (χ4n) is 2.14. The molecule has 110 valence electrons. The SMILES string of the molecule is CCc1ccc(CC(=O)NCCc2ccc(F)cc2)cc1. The van der Waals surface area contributed by atoms with Crippen LogP contribution in [0, 0.1) is 5.82 Å². The van der Waals surface area contributed by atoms with Crippen LogP contribution in [0.25, 0.3) is 0 Å². The van der Waals surface area contributed by atoms with Crippen LogP contribution in [0.2, 0.25) is 0 Å². The van der Waals surface area contributed by atoms with Crippen molar-refractivity contribution in [2.45, 2.75) is 26.2 Å². The topological polar surface area (TPSA) is 29.1 Å². The number of carbonyl (C=O) groups excluding carboxylic acids is 1. The molecule has 1 amide bonds. The van der Waals surface area contributed by atoms with Crippen molar-refractivity contribution in [1.29, 1.82) is 0 Å². The van der Waals surface area contributed by atoms with Crippen LogP contribution in [0.5, 0.6) is 0 Å². The second-order valence-electron chi connectivity index (χ2n) is 5.07. The van der Waals surface area contributed by atoms with E-state index >= 15 is 0 Å². The van der Waals surface area contributed by atoms with E-state index in [2.05, 4.69) is 24.4 Å². The largest absolute Gasteiger partial charge is 0.355 e. The highest BCUT2D eigenvalue weighted by Crippen LogP contribution is 2.06. The third-order valence-electron chi connectivity index (χ3n) is 3.45. The smallest absolute Gasteiger partial charge is 0.224 e. The zero-order valence-electron chi connectivity index (χ0n) is 12.2. The van der Waals surface area contributed by atoms with Gasteiger partial charge in [0.1, 0.15) is 5.82 Å². The summed E-state index contributed by atoms with van der Waals surface area (Å²) in [5, 5.41) is 2.89. The Balaban J connectivity index is 1.75. The van der Waals surface area contributed by atoms with E-state index < -0.39 is 0 Å². The van der Waals surface area contributed by atoms with Crippen molar-refractivity contribution >= 4 is 5.91 Å². The summed E-state index contributed by atoms with van der Waals surface area (Å²) in [5.41, 5.74) is 3.31. The normalized spacial score (nSPS) is 10.4. The summed E-state index contributed by atoms with van der Waals surface area (Å²) in [5.74, 6) is -0.223. The van der Waals surface area contributed by atoms with E-state index in [1.807, 2.05) is 12.1 Å². The summed E-state index contributed by atoms with van der Waals surface area (Å²) >= 11 is 0. The first kappa shape index (κ1) is 15.2. The van der Waals surface area contributed by atoms with E-state index in [4.69, 9.17) is 0 Å². The molecule has 0 aliphatic heterocycles. The van der Waals surface area contributed by atoms with Crippen molar-refractivity contribution in [2.75, 3.05) is 6.54 Å². The van der Waals surface area contributed by atoms with Gasteiger partial charge in [0.05, 0.1) is 6.42 Å². The highest BCUT2D eigenvalue weighted by molar-refractivity contribution is 5.78. The molecule has 0 spiro atoms. The van der Waals surface area contributed by atoms with Crippen molar-refractivity contribution in [1.82, 2.24) is 5.32 Å². The molecule has 0 unspecified atom stereocenters. The molecule has 0 radical (unpaired) electrons. The monoisotopic (exact) mass is 285 g/mol. The standard InChI is InChI=1S/C18H20FNO/c1-2-14-3-5-16(6-4-14)13-18(21)20-12-11-15-7-9-17(19)10-8-15/h3-10H,2,11-13H2,1H3,(H,20,21). The van der Waals surface area contributed by atoms with Crippen LogP contribution in [-0.4, -0.2) is 12.5 Å². The highest BCUT2D eigenvalue weighted by Gasteiger charge is 2.03. The van der Waals surface area contributed by atoms with E-state index in [0.717, 1.165) is 17.5 Å². The first-order chi connectivity index (χ1) is 10.2. The van der Waals surface area contributed by atoms with Gasteiger partial charge in [0.25, 0.3) is 0 Å². The lowest BCUT2D eigenvalue weighted by Gasteiger charge is -2.06. The van der Waals surface area contributed by atoms with Crippen LogP contribution in [-0.2, 0) is 24.1 Å². The van der Waals surface area contributed by atoms with E-state index in [9.17, 15) is 9.18 Å². The fraction of sp³-hybridized carbons (Fsp3) is 0.278. The van der Waals surface area contributed by atoms with Crippen molar-refractivity contribution in [3.8, 4) is 0 Å². The fourth-order valence-corrected chi connectivity index (χ4v) is 2.14. The third-order valence-corrected chi connectivity index (χ3v) is 3.45. The third kappa shape index (κ3) is 5.03. The zero-order chi connectivity index (χ0) is 15.1. The summed E-state index contributed by atoms with van der Waals surface area (Å²) < 4.78 is 12.8. The number of amides is 1. The van der Waals surface area contributed by atoms with Crippen LogP contribution >= 0.6 is 0 Å². The molecule has 0 aliphatic carbocycles. The van der Waals surface area contributed by atoms with Crippen LogP contribution in [0.15, 0.2) is 48.5 Å². The Labute approximate surface area is 125 Å². The lowest BCUT2D eigenvalue weighted by Crippen LogP contribution is -2.27. The molecule has 0 atom stereocenters. The number of nitrogens with one attached hydrogen (secondary N) is 1. The van der Waals surface area contributed by atoms with Gasteiger partial charge < -0.3 is 5.32 Å². The van der Waals surface area contributed by atoms with E-state index in [-0.39, 0.29) is 11.7 Å². The predicted molar refractivity (Wildman–Crippen MR) is 82.6 cm³/mol. The maximum absolute atomic E-state index is 12.8. The molecule has 0 heterocycles. The van der Waals surface area contributed by atoms with E-state index in [1.165, 1.54) is 17.7 Å². The molecule has 2 aromatic rings. The molecule has 2 aromatic carbocycles. The average Bonchev–Trinajstić information content (AvgIpc) is 2.50. The zero-order valence-corrected chi connectivity index (χ0v) is 12.2. The number of rotatable bonds is 6. The minimum Gasteiger partial charge on any atom is -0.355 e. The quantitative estimate of drug-likeness (QED) is 0.867. The Hall–Kier alpha value is -2.16. The number of hydrogen-bond acceptors (Lipinski definition) is 1. The van der Waals surface area contributed by atoms with Crippen LogP contribution in [0.3, 0.4) is 0 Å². The second-order valence-corrected chi connectivity index (χ2v) is 5.07. The lowest BCUT2D eigenvalue weighted by molar-refractivity contribution is -0.120. The second kappa shape index (κ2) is 7.58. The first-order valence-electron chi connectivity index (χ1n) is 7.26. The van der Waals surface area contributed by atoms with Crippen molar-refractivity contribution in [2.24, 2.45) is 0 Å². The van der Waals surface area contributed by atoms with Gasteiger partial charge in [-0.3, -0.25) is 4.79 Å². The number of hydrogen-bond donors (Lipinski definition) is 1. The molecule has 0 aromatic heterocycles. The molecule has 3 heteroatoms. The first-order valence-corrected chi connectivity index (χ1v) is 7.26. The van der Waals surface area contributed by atoms with E-state index in [1.54, 1.807) is 12.1 Å². The molecule has 0 saturated carbocycles. The van der Waals surface area contributed by atoms with Gasteiger partial charge in [-0.2, -0.15) is 0 Å². The van der Waals surface area contributed by atoms with Crippen LogP contribution in [0.4, 0.5) is 4.39 Å². The predicted octanol–water partition coefficient (Wildman–Crippen LogP) is 3.29. The van der Waals surface area contributed by atoms with Gasteiger partial charge in [-0.05, 0) is 41.7 Å². The highest BCUT2D eigenvalue weighted by atomic mass is 19.1. The Bertz CT molecular complexity index is 575. The Morgan fingerprint density at radius 1 is 0.952 bits per heavy atom. The molecule has 2 rings (SSSR count). The maximum atomic E-state index is 12.8. The summed E-state index contributed by atoms with van der Waals surface area (Å²) in [6.07, 6.45) is 2.11. The summed E-state index contributed by atoms with van der Waals surface area (Å²) in [6, 6.07) is 14.5. The molecule has 1 N–H and O–H groups in total. The number of benzene rings is 2. The molecule has 0 bridgehead atoms. The maximum Gasteiger partial charge on any atom is 0.224 e. The Morgan fingerprint density at radius 2 is 1.52 bits per heavy atom. The van der Waals surface area contributed by atoms with Gasteiger partial charge in [-0.1, -0.05) is 43.3 Å². The minimum absolute atomic E-state index is 0.0151. The molecule has 21 heavy (non-hydrogen) atoms. The van der Waals surface area contributed by atoms with Gasteiger partial charge in [0.2, 0.25) is 5.91 Å². The summed E-state index contributed by atoms with van der Waals surface area (Å²) in [6.45, 7) is 2.68. The van der Waals surface area contributed by atoms with Crippen LogP contribution in [0.1, 0.15) is 23.6 Å². The van der Waals surface area contributed by atoms with E-state index in [0.29, 0.717) is 19.4 Å². The lowest BCUT2D eigenvalue weighted by atomic mass is 10.1. The van der Waals surface area contributed by atoms with Gasteiger partial charge in [-0.15, -0.1) is 0 Å². The molecule has 0 saturated heterocycles. The van der Waals surface area contributed by atoms with Crippen molar-refractivity contribution in [3.05, 3.63) is 71.0 Å². The number of halogens is 1. The van der Waals surface area contributed by atoms with Gasteiger partial charge in [-0.25, -0.2) is 4.39 Å². The van der Waals surface area contributed by atoms with Gasteiger partial charge in [0, 0.05) is 6.54 Å². The molecule has 0 fully saturated rings. The molecular formula is C18H20FNO. The van der Waals surface area contributed by atoms with Gasteiger partial charge in [0.15, 0.2) is 0 Å². The molecular weight excluding hydrogens is 265 g/mol. The summed E-state index contributed by atoms with van der Waals surface area (Å²) in [7, 11) is 0. The number of carbonyl (C=O) groups is 1. The summed E-state index contributed by atoms with van der Waals surface area (Å²) in [4.78, 5) is 11.8. The Kier molecular flexibility index (Phi) is 5.50. The van der Waals surface area contributed by atoms with Gasteiger partial charge >= 0.3 is 0 Å². The number of aryl methyl sites for hydroxylation is 1. The van der Waals surface area contributed by atoms with Crippen molar-refractivity contribution < 1.29 is 9.18 Å². The van der Waals surface area contributed by atoms with Crippen LogP contribution < -0.4 is 5.32 Å². The molecule has 0 aliphatic rings. The minimum atomic E-state index is -0.238. The molecule has 2 nitrogen and oxygen atoms in total. The van der Waals surface area contributed by atoms with Crippen molar-refractivity contribution in [3.63, 3.8) is 0 Å². The Morgan fingerprint density at radius 3 is 2.14 bits per heavy atom.